The number of rotatable bonds is 0. The Balaban J connectivity index is 2.36. The first-order valence-electron chi connectivity index (χ1n) is 4.77. The lowest BCUT2D eigenvalue weighted by Crippen LogP contribution is -2.22. The quantitative estimate of drug-likeness (QED) is 0.659. The molecule has 1 aromatic rings. The molecule has 1 aromatic heterocycles. The minimum absolute atomic E-state index is 0.0251. The first kappa shape index (κ1) is 8.75. The van der Waals surface area contributed by atoms with Crippen molar-refractivity contribution in [1.29, 1.82) is 0 Å². The molecule has 0 saturated carbocycles. The summed E-state index contributed by atoms with van der Waals surface area (Å²) in [4.78, 5) is 4.49. The highest BCUT2D eigenvalue weighted by Crippen LogP contribution is 2.25. The van der Waals surface area contributed by atoms with E-state index in [0.717, 1.165) is 36.9 Å². The third-order valence-electron chi connectivity index (χ3n) is 2.24. The van der Waals surface area contributed by atoms with Crippen LogP contribution in [0.25, 0.3) is 0 Å². The van der Waals surface area contributed by atoms with Crippen molar-refractivity contribution in [3.8, 4) is 0 Å². The first-order valence-corrected chi connectivity index (χ1v) is 4.77. The van der Waals surface area contributed by atoms with Crippen molar-refractivity contribution in [1.82, 2.24) is 10.3 Å². The lowest BCUT2D eigenvalue weighted by Gasteiger charge is -2.11. The van der Waals surface area contributed by atoms with Gasteiger partial charge >= 0.3 is 0 Å². The molecule has 0 spiro atoms. The van der Waals surface area contributed by atoms with Crippen molar-refractivity contribution in [2.75, 3.05) is 6.54 Å². The minimum Gasteiger partial charge on any atom is -0.445 e. The van der Waals surface area contributed by atoms with E-state index < -0.39 is 0 Å². The highest BCUT2D eigenvalue weighted by atomic mass is 16.4. The van der Waals surface area contributed by atoms with Gasteiger partial charge in [-0.25, -0.2) is 4.98 Å². The maximum atomic E-state index is 5.72. The van der Waals surface area contributed by atoms with Crippen LogP contribution in [0.1, 0.15) is 38.1 Å². The molecule has 0 radical (unpaired) electrons. The number of oxazole rings is 1. The molecule has 0 bridgehead atoms. The molecule has 1 aliphatic rings. The molecule has 1 aliphatic heterocycles. The predicted molar refractivity (Wildman–Crippen MR) is 50.6 cm³/mol. The van der Waals surface area contributed by atoms with Crippen molar-refractivity contribution < 1.29 is 4.42 Å². The van der Waals surface area contributed by atoms with Crippen LogP contribution in [0, 0.1) is 0 Å². The maximum absolute atomic E-state index is 5.72. The van der Waals surface area contributed by atoms with Crippen LogP contribution in [0.2, 0.25) is 0 Å². The largest absolute Gasteiger partial charge is 0.445 e. The van der Waals surface area contributed by atoms with Gasteiger partial charge in [0.1, 0.15) is 5.76 Å². The molecule has 72 valence electrons. The molecule has 3 heteroatoms. The molecule has 2 rings (SSSR count). The molecular formula is C10H16N2O. The minimum atomic E-state index is 0.0251. The Morgan fingerprint density at radius 1 is 1.38 bits per heavy atom. The van der Waals surface area contributed by atoms with Crippen LogP contribution in [0.3, 0.4) is 0 Å². The number of hydrogen-bond donors (Lipinski definition) is 1. The smallest absolute Gasteiger partial charge is 0.200 e. The van der Waals surface area contributed by atoms with E-state index in [9.17, 15) is 0 Å². The lowest BCUT2D eigenvalue weighted by atomic mass is 9.97. The molecule has 13 heavy (non-hydrogen) atoms. The van der Waals surface area contributed by atoms with E-state index in [1.165, 1.54) is 0 Å². The summed E-state index contributed by atoms with van der Waals surface area (Å²) in [7, 11) is 0. The van der Waals surface area contributed by atoms with Gasteiger partial charge in [0.05, 0.1) is 5.69 Å². The zero-order valence-corrected chi connectivity index (χ0v) is 8.48. The molecule has 0 aromatic carbocycles. The zero-order valence-electron chi connectivity index (χ0n) is 8.48. The number of nitrogens with one attached hydrogen (secondary N) is 1. The van der Waals surface area contributed by atoms with E-state index in [0.29, 0.717) is 0 Å². The van der Waals surface area contributed by atoms with Gasteiger partial charge in [0, 0.05) is 24.9 Å². The molecular weight excluding hydrogens is 164 g/mol. The molecule has 0 aliphatic carbocycles. The van der Waals surface area contributed by atoms with E-state index in [-0.39, 0.29) is 5.41 Å². The van der Waals surface area contributed by atoms with Gasteiger partial charge in [0.25, 0.3) is 0 Å². The van der Waals surface area contributed by atoms with Gasteiger partial charge in [-0.15, -0.1) is 0 Å². The fourth-order valence-electron chi connectivity index (χ4n) is 1.45. The van der Waals surface area contributed by atoms with Gasteiger partial charge in [-0.2, -0.15) is 0 Å². The fraction of sp³-hybridized carbons (Fsp3) is 0.700. The normalized spacial score (nSPS) is 17.2. The van der Waals surface area contributed by atoms with Gasteiger partial charge in [0.2, 0.25) is 0 Å². The number of aromatic nitrogens is 1. The van der Waals surface area contributed by atoms with Gasteiger partial charge in [-0.3, -0.25) is 0 Å². The molecule has 0 atom stereocenters. The second-order valence-corrected chi connectivity index (χ2v) is 4.57. The Hall–Kier alpha value is -0.830. The van der Waals surface area contributed by atoms with Crippen LogP contribution in [0.4, 0.5) is 0 Å². The van der Waals surface area contributed by atoms with Crippen molar-refractivity contribution >= 4 is 0 Å². The second kappa shape index (κ2) is 2.84. The Bertz CT molecular complexity index is 286. The highest BCUT2D eigenvalue weighted by Gasteiger charge is 2.24. The molecule has 0 saturated heterocycles. The standard InChI is InChI=1S/C10H16N2O/c1-10(2,3)9-12-7-6-11-5-4-8(7)13-9/h11H,4-6H2,1-3H3. The monoisotopic (exact) mass is 180 g/mol. The lowest BCUT2D eigenvalue weighted by molar-refractivity contribution is 0.368. The Kier molecular flexibility index (Phi) is 1.91. The Labute approximate surface area is 78.5 Å². The second-order valence-electron chi connectivity index (χ2n) is 4.57. The van der Waals surface area contributed by atoms with Crippen LogP contribution in [-0.4, -0.2) is 11.5 Å². The van der Waals surface area contributed by atoms with E-state index >= 15 is 0 Å². The number of hydrogen-bond acceptors (Lipinski definition) is 3. The van der Waals surface area contributed by atoms with E-state index in [2.05, 4.69) is 31.1 Å². The molecule has 0 amide bonds. The van der Waals surface area contributed by atoms with E-state index in [1.807, 2.05) is 0 Å². The third-order valence-corrected chi connectivity index (χ3v) is 2.24. The molecule has 0 fully saturated rings. The molecule has 2 heterocycles. The van der Waals surface area contributed by atoms with Gasteiger partial charge in [-0.1, -0.05) is 20.8 Å². The van der Waals surface area contributed by atoms with Crippen molar-refractivity contribution in [2.24, 2.45) is 0 Å². The topological polar surface area (TPSA) is 38.1 Å². The summed E-state index contributed by atoms with van der Waals surface area (Å²) in [5, 5.41) is 3.28. The van der Waals surface area contributed by atoms with E-state index in [4.69, 9.17) is 4.42 Å². The van der Waals surface area contributed by atoms with Crippen LogP contribution in [-0.2, 0) is 18.4 Å². The molecule has 3 nitrogen and oxygen atoms in total. The van der Waals surface area contributed by atoms with Gasteiger partial charge < -0.3 is 9.73 Å². The van der Waals surface area contributed by atoms with Crippen LogP contribution >= 0.6 is 0 Å². The Morgan fingerprint density at radius 2 is 2.15 bits per heavy atom. The van der Waals surface area contributed by atoms with Gasteiger partial charge in [-0.05, 0) is 0 Å². The Morgan fingerprint density at radius 3 is 2.77 bits per heavy atom. The molecule has 0 unspecified atom stereocenters. The van der Waals surface area contributed by atoms with Crippen molar-refractivity contribution in [3.05, 3.63) is 17.3 Å². The fourth-order valence-corrected chi connectivity index (χ4v) is 1.45. The van der Waals surface area contributed by atoms with E-state index in [1.54, 1.807) is 0 Å². The summed E-state index contributed by atoms with van der Waals surface area (Å²) in [6.45, 7) is 8.23. The number of fused-ring (bicyclic) bond motifs is 1. The summed E-state index contributed by atoms with van der Waals surface area (Å²) in [5.41, 5.74) is 1.12. The first-order chi connectivity index (χ1) is 6.07. The molecule has 1 N–H and O–H groups in total. The van der Waals surface area contributed by atoms with Crippen molar-refractivity contribution in [3.63, 3.8) is 0 Å². The van der Waals surface area contributed by atoms with Crippen molar-refractivity contribution in [2.45, 2.75) is 39.2 Å². The zero-order chi connectivity index (χ0) is 9.47. The average Bonchev–Trinajstić information content (AvgIpc) is 2.45. The number of nitrogens with zero attached hydrogens (tertiary/aromatic N) is 1. The van der Waals surface area contributed by atoms with Gasteiger partial charge in [0.15, 0.2) is 5.89 Å². The summed E-state index contributed by atoms with van der Waals surface area (Å²) in [6.07, 6.45) is 0.971. The van der Waals surface area contributed by atoms with Crippen LogP contribution in [0.5, 0.6) is 0 Å². The maximum Gasteiger partial charge on any atom is 0.200 e. The van der Waals surface area contributed by atoms with Crippen LogP contribution in [0.15, 0.2) is 4.42 Å². The summed E-state index contributed by atoms with van der Waals surface area (Å²) >= 11 is 0. The third kappa shape index (κ3) is 1.61. The summed E-state index contributed by atoms with van der Waals surface area (Å²) in [6, 6.07) is 0. The average molecular weight is 180 g/mol. The summed E-state index contributed by atoms with van der Waals surface area (Å²) < 4.78 is 5.72. The van der Waals surface area contributed by atoms with Crippen LogP contribution < -0.4 is 5.32 Å². The SMILES string of the molecule is CC(C)(C)c1nc2c(o1)CCNC2. The predicted octanol–water partition coefficient (Wildman–Crippen LogP) is 1.62. The highest BCUT2D eigenvalue weighted by molar-refractivity contribution is 5.15. The summed E-state index contributed by atoms with van der Waals surface area (Å²) in [5.74, 6) is 1.94.